The average molecular weight is 281 g/mol. The summed E-state index contributed by atoms with van der Waals surface area (Å²) < 4.78 is 0. The van der Waals surface area contributed by atoms with Gasteiger partial charge in [0.1, 0.15) is 12.4 Å². The Hall–Kier alpha value is -0.190. The molecule has 0 spiro atoms. The molecular weight excluding hydrogens is 258 g/mol. The maximum Gasteiger partial charge on any atom is 0.126 e. The number of rotatable bonds is 0. The van der Waals surface area contributed by atoms with Crippen molar-refractivity contribution in [2.45, 2.75) is 61.2 Å². The standard InChI is InChI=1S/C15H23NO2S/c1-2-4-14-11(3-1)9-16-12-8-13-10(5-6-17-18-13)7-15(12)19-14/h5-6,10-16H,1-4,7-9H2. The Morgan fingerprint density at radius 3 is 3.05 bits per heavy atom. The van der Waals surface area contributed by atoms with Crippen molar-refractivity contribution >= 4 is 11.8 Å². The van der Waals surface area contributed by atoms with E-state index >= 15 is 0 Å². The lowest BCUT2D eigenvalue weighted by Gasteiger charge is -2.40. The lowest BCUT2D eigenvalue weighted by atomic mass is 9.82. The van der Waals surface area contributed by atoms with Gasteiger partial charge in [0.2, 0.25) is 0 Å². The zero-order valence-electron chi connectivity index (χ0n) is 11.3. The van der Waals surface area contributed by atoms with E-state index in [1.807, 2.05) is 0 Å². The third kappa shape index (κ3) is 2.43. The van der Waals surface area contributed by atoms with Crippen LogP contribution in [0.5, 0.6) is 0 Å². The van der Waals surface area contributed by atoms with Crippen LogP contribution >= 0.6 is 11.8 Å². The Bertz CT molecular complexity index is 362. The fourth-order valence-corrected chi connectivity index (χ4v) is 6.13. The smallest absolute Gasteiger partial charge is 0.126 e. The lowest BCUT2D eigenvalue weighted by Crippen LogP contribution is -2.48. The van der Waals surface area contributed by atoms with Crippen molar-refractivity contribution in [2.75, 3.05) is 6.54 Å². The molecule has 0 aromatic heterocycles. The Morgan fingerprint density at radius 1 is 1.11 bits per heavy atom. The minimum absolute atomic E-state index is 0.263. The fraction of sp³-hybridized carbons (Fsp3) is 0.867. The topological polar surface area (TPSA) is 30.5 Å². The summed E-state index contributed by atoms with van der Waals surface area (Å²) in [5.74, 6) is 1.46. The van der Waals surface area contributed by atoms with Gasteiger partial charge in [0.15, 0.2) is 0 Å². The van der Waals surface area contributed by atoms with Crippen LogP contribution in [0.4, 0.5) is 0 Å². The Kier molecular flexibility index (Phi) is 3.50. The molecule has 2 aliphatic heterocycles. The van der Waals surface area contributed by atoms with Gasteiger partial charge in [-0.25, -0.2) is 0 Å². The largest absolute Gasteiger partial charge is 0.346 e. The van der Waals surface area contributed by atoms with Crippen LogP contribution in [0.25, 0.3) is 0 Å². The molecular formula is C15H23NO2S. The molecule has 0 radical (unpaired) electrons. The first-order chi connectivity index (χ1) is 9.40. The van der Waals surface area contributed by atoms with Gasteiger partial charge >= 0.3 is 0 Å². The number of hydrogen-bond donors (Lipinski definition) is 1. The molecule has 6 unspecified atom stereocenters. The van der Waals surface area contributed by atoms with Crippen LogP contribution in [0.15, 0.2) is 12.3 Å². The van der Waals surface area contributed by atoms with Crippen molar-refractivity contribution in [2.24, 2.45) is 11.8 Å². The molecule has 2 aliphatic carbocycles. The molecule has 106 valence electrons. The summed E-state index contributed by atoms with van der Waals surface area (Å²) in [7, 11) is 0. The summed E-state index contributed by atoms with van der Waals surface area (Å²) in [6.07, 6.45) is 12.3. The molecule has 0 amide bonds. The molecule has 2 saturated carbocycles. The summed E-state index contributed by atoms with van der Waals surface area (Å²) in [6.45, 7) is 1.22. The van der Waals surface area contributed by atoms with Gasteiger partial charge in [-0.05, 0) is 44.2 Å². The maximum atomic E-state index is 5.45. The number of thioether (sulfide) groups is 1. The molecule has 0 aromatic rings. The predicted molar refractivity (Wildman–Crippen MR) is 76.7 cm³/mol. The SMILES string of the molecule is C1=CC2CC3SC4CCCCC4CNC3CC2OO1. The third-order valence-electron chi connectivity index (χ3n) is 5.31. The van der Waals surface area contributed by atoms with E-state index < -0.39 is 0 Å². The Balaban J connectivity index is 1.50. The van der Waals surface area contributed by atoms with Crippen LogP contribution in [0.1, 0.15) is 38.5 Å². The molecule has 4 rings (SSSR count). The van der Waals surface area contributed by atoms with Crippen LogP contribution in [0, 0.1) is 11.8 Å². The van der Waals surface area contributed by atoms with Crippen molar-refractivity contribution < 1.29 is 9.78 Å². The summed E-state index contributed by atoms with van der Waals surface area (Å²) >= 11 is 2.28. The van der Waals surface area contributed by atoms with Crippen molar-refractivity contribution in [3.8, 4) is 0 Å². The highest BCUT2D eigenvalue weighted by Gasteiger charge is 2.43. The first-order valence-corrected chi connectivity index (χ1v) is 8.72. The molecule has 4 aliphatic rings. The van der Waals surface area contributed by atoms with Crippen molar-refractivity contribution in [1.82, 2.24) is 5.32 Å². The van der Waals surface area contributed by atoms with Gasteiger partial charge in [-0.1, -0.05) is 12.8 Å². The zero-order valence-corrected chi connectivity index (χ0v) is 12.1. The van der Waals surface area contributed by atoms with E-state index in [1.165, 1.54) is 38.6 Å². The fourth-order valence-electron chi connectivity index (χ4n) is 4.19. The van der Waals surface area contributed by atoms with E-state index in [-0.39, 0.29) is 6.10 Å². The first kappa shape index (κ1) is 12.5. The summed E-state index contributed by atoms with van der Waals surface area (Å²) in [5.41, 5.74) is 0. The lowest BCUT2D eigenvalue weighted by molar-refractivity contribution is -0.306. The molecule has 0 aromatic carbocycles. The number of nitrogens with one attached hydrogen (secondary N) is 1. The molecule has 1 N–H and O–H groups in total. The third-order valence-corrected chi connectivity index (χ3v) is 7.15. The maximum absolute atomic E-state index is 5.45. The summed E-state index contributed by atoms with van der Waals surface area (Å²) in [6, 6.07) is 0.618. The highest BCUT2D eigenvalue weighted by molar-refractivity contribution is 8.00. The van der Waals surface area contributed by atoms with E-state index in [0.29, 0.717) is 12.0 Å². The minimum Gasteiger partial charge on any atom is -0.346 e. The van der Waals surface area contributed by atoms with E-state index in [2.05, 4.69) is 23.2 Å². The van der Waals surface area contributed by atoms with Gasteiger partial charge in [-0.2, -0.15) is 16.6 Å². The Morgan fingerprint density at radius 2 is 2.05 bits per heavy atom. The highest BCUT2D eigenvalue weighted by atomic mass is 32.2. The zero-order chi connectivity index (χ0) is 12.7. The van der Waals surface area contributed by atoms with Crippen LogP contribution in [0.3, 0.4) is 0 Å². The second-order valence-corrected chi connectivity index (χ2v) is 7.95. The molecule has 3 nitrogen and oxygen atoms in total. The minimum atomic E-state index is 0.263. The van der Waals surface area contributed by atoms with E-state index in [1.54, 1.807) is 6.26 Å². The number of hydrogen-bond acceptors (Lipinski definition) is 4. The number of fused-ring (bicyclic) bond motifs is 3. The normalized spacial score (nSPS) is 49.3. The molecule has 0 bridgehead atoms. The molecule has 19 heavy (non-hydrogen) atoms. The first-order valence-electron chi connectivity index (χ1n) is 7.78. The second kappa shape index (κ2) is 5.30. The molecule has 1 saturated heterocycles. The highest BCUT2D eigenvalue weighted by Crippen LogP contribution is 2.44. The van der Waals surface area contributed by atoms with Crippen LogP contribution in [-0.4, -0.2) is 29.2 Å². The van der Waals surface area contributed by atoms with Gasteiger partial charge in [-0.15, -0.1) is 0 Å². The van der Waals surface area contributed by atoms with Crippen LogP contribution in [0.2, 0.25) is 0 Å². The van der Waals surface area contributed by atoms with Gasteiger partial charge < -0.3 is 10.2 Å². The van der Waals surface area contributed by atoms with E-state index in [0.717, 1.165) is 22.8 Å². The predicted octanol–water partition coefficient (Wildman–Crippen LogP) is 2.87. The van der Waals surface area contributed by atoms with Gasteiger partial charge in [0.05, 0.1) is 0 Å². The summed E-state index contributed by atoms with van der Waals surface area (Å²) in [5, 5.41) is 5.50. The Labute approximate surface area is 119 Å². The van der Waals surface area contributed by atoms with Crippen LogP contribution in [-0.2, 0) is 9.78 Å². The van der Waals surface area contributed by atoms with Crippen molar-refractivity contribution in [3.05, 3.63) is 12.3 Å². The monoisotopic (exact) mass is 281 g/mol. The van der Waals surface area contributed by atoms with Gasteiger partial charge in [0.25, 0.3) is 0 Å². The van der Waals surface area contributed by atoms with E-state index in [9.17, 15) is 0 Å². The van der Waals surface area contributed by atoms with Crippen molar-refractivity contribution in [3.63, 3.8) is 0 Å². The van der Waals surface area contributed by atoms with Crippen LogP contribution < -0.4 is 5.32 Å². The quantitative estimate of drug-likeness (QED) is 0.692. The molecule has 3 fully saturated rings. The molecule has 4 heteroatoms. The van der Waals surface area contributed by atoms with Crippen molar-refractivity contribution in [1.29, 1.82) is 0 Å². The molecule has 6 atom stereocenters. The summed E-state index contributed by atoms with van der Waals surface area (Å²) in [4.78, 5) is 10.5. The van der Waals surface area contributed by atoms with Gasteiger partial charge in [0, 0.05) is 22.5 Å². The molecule has 2 heterocycles. The van der Waals surface area contributed by atoms with E-state index in [4.69, 9.17) is 9.78 Å². The average Bonchev–Trinajstić information content (AvgIpc) is 2.63. The second-order valence-electron chi connectivity index (χ2n) is 6.47. The van der Waals surface area contributed by atoms with Gasteiger partial charge in [-0.3, -0.25) is 0 Å².